The first-order chi connectivity index (χ1) is 10.5. The van der Waals surface area contributed by atoms with Crippen molar-refractivity contribution in [3.63, 3.8) is 0 Å². The van der Waals surface area contributed by atoms with Gasteiger partial charge in [0.05, 0.1) is 12.3 Å². The third-order valence-electron chi connectivity index (χ3n) is 5.64. The van der Waals surface area contributed by atoms with Crippen LogP contribution < -0.4 is 0 Å². The minimum absolute atomic E-state index is 0.151. The highest BCUT2D eigenvalue weighted by Crippen LogP contribution is 2.46. The summed E-state index contributed by atoms with van der Waals surface area (Å²) in [6.07, 6.45) is 5.15. The number of carbonyl (C=O) groups is 2. The molecule has 0 N–H and O–H groups in total. The second-order valence-electron chi connectivity index (χ2n) is 7.31. The van der Waals surface area contributed by atoms with Crippen molar-refractivity contribution in [3.05, 3.63) is 0 Å². The topological polar surface area (TPSA) is 49.9 Å². The highest BCUT2D eigenvalue weighted by molar-refractivity contribution is 5.88. The van der Waals surface area contributed by atoms with Gasteiger partial charge in [0.2, 0.25) is 5.91 Å². The van der Waals surface area contributed by atoms with Crippen molar-refractivity contribution in [2.24, 2.45) is 5.92 Å². The molecule has 0 radical (unpaired) electrons. The summed E-state index contributed by atoms with van der Waals surface area (Å²) in [6.45, 7) is 7.97. The van der Waals surface area contributed by atoms with Gasteiger partial charge in [-0.15, -0.1) is 0 Å². The molecule has 3 aliphatic rings. The minimum atomic E-state index is -0.474. The normalized spacial score (nSPS) is 29.1. The van der Waals surface area contributed by atoms with E-state index in [1.54, 1.807) is 0 Å². The van der Waals surface area contributed by atoms with Crippen LogP contribution in [0.1, 0.15) is 52.4 Å². The lowest BCUT2D eigenvalue weighted by Crippen LogP contribution is -2.46. The number of ether oxygens (including phenoxy) is 1. The Kier molecular flexibility index (Phi) is 4.44. The molecule has 2 saturated heterocycles. The maximum atomic E-state index is 13.0. The second-order valence-corrected chi connectivity index (χ2v) is 7.31. The number of esters is 1. The predicted molar refractivity (Wildman–Crippen MR) is 83.3 cm³/mol. The standard InChI is InChI=1S/C17H28N2O3/c1-13(2)18-8-5-9-19(11-10-18)16(21)14-12-15(20)22-17(14)6-3-4-7-17/h13-14H,3-12H2,1-2H3. The zero-order valence-corrected chi connectivity index (χ0v) is 13.8. The van der Waals surface area contributed by atoms with Crippen molar-refractivity contribution >= 4 is 11.9 Å². The molecule has 2 heterocycles. The van der Waals surface area contributed by atoms with Crippen molar-refractivity contribution < 1.29 is 14.3 Å². The molecule has 1 aliphatic carbocycles. The molecule has 0 bridgehead atoms. The van der Waals surface area contributed by atoms with Gasteiger partial charge in [-0.05, 0) is 46.0 Å². The molecule has 0 aromatic rings. The van der Waals surface area contributed by atoms with Crippen LogP contribution in [0.4, 0.5) is 0 Å². The molecule has 1 amide bonds. The van der Waals surface area contributed by atoms with Gasteiger partial charge >= 0.3 is 5.97 Å². The monoisotopic (exact) mass is 308 g/mol. The van der Waals surface area contributed by atoms with Gasteiger partial charge in [0.25, 0.3) is 0 Å². The number of hydrogen-bond acceptors (Lipinski definition) is 4. The molecule has 22 heavy (non-hydrogen) atoms. The van der Waals surface area contributed by atoms with Gasteiger partial charge in [0.15, 0.2) is 0 Å². The Bertz CT molecular complexity index is 443. The van der Waals surface area contributed by atoms with E-state index in [4.69, 9.17) is 4.74 Å². The van der Waals surface area contributed by atoms with E-state index in [1.807, 2.05) is 4.90 Å². The number of hydrogen-bond donors (Lipinski definition) is 0. The molecule has 3 fully saturated rings. The van der Waals surface area contributed by atoms with E-state index in [2.05, 4.69) is 18.7 Å². The van der Waals surface area contributed by atoms with Crippen LogP contribution in [0.3, 0.4) is 0 Å². The van der Waals surface area contributed by atoms with Crippen LogP contribution in [0.5, 0.6) is 0 Å². The smallest absolute Gasteiger partial charge is 0.307 e. The molecule has 5 nitrogen and oxygen atoms in total. The summed E-state index contributed by atoms with van der Waals surface area (Å²) in [5.74, 6) is -0.273. The van der Waals surface area contributed by atoms with E-state index in [0.717, 1.165) is 58.3 Å². The third-order valence-corrected chi connectivity index (χ3v) is 5.64. The fraction of sp³-hybridized carbons (Fsp3) is 0.882. The van der Waals surface area contributed by atoms with E-state index in [0.29, 0.717) is 6.04 Å². The quantitative estimate of drug-likeness (QED) is 0.730. The van der Waals surface area contributed by atoms with Gasteiger partial charge in [-0.25, -0.2) is 0 Å². The van der Waals surface area contributed by atoms with Crippen molar-refractivity contribution in [1.82, 2.24) is 9.80 Å². The fourth-order valence-corrected chi connectivity index (χ4v) is 4.32. The van der Waals surface area contributed by atoms with E-state index >= 15 is 0 Å². The van der Waals surface area contributed by atoms with Crippen LogP contribution in [0.2, 0.25) is 0 Å². The summed E-state index contributed by atoms with van der Waals surface area (Å²) in [4.78, 5) is 29.2. The lowest BCUT2D eigenvalue weighted by Gasteiger charge is -2.32. The van der Waals surface area contributed by atoms with Gasteiger partial charge in [-0.3, -0.25) is 14.5 Å². The molecule has 0 aromatic heterocycles. The van der Waals surface area contributed by atoms with Crippen molar-refractivity contribution in [1.29, 1.82) is 0 Å². The molecule has 1 atom stereocenters. The van der Waals surface area contributed by atoms with Crippen molar-refractivity contribution in [3.8, 4) is 0 Å². The zero-order valence-electron chi connectivity index (χ0n) is 13.8. The average Bonchev–Trinajstić information content (AvgIpc) is 2.96. The van der Waals surface area contributed by atoms with Crippen LogP contribution in [0, 0.1) is 5.92 Å². The summed E-state index contributed by atoms with van der Waals surface area (Å²) in [5, 5.41) is 0. The average molecular weight is 308 g/mol. The van der Waals surface area contributed by atoms with Gasteiger partial charge < -0.3 is 9.64 Å². The SMILES string of the molecule is CC(C)N1CCCN(C(=O)C2CC(=O)OC23CCCC3)CC1. The van der Waals surface area contributed by atoms with E-state index in [-0.39, 0.29) is 24.2 Å². The van der Waals surface area contributed by atoms with Crippen LogP contribution in [-0.4, -0.2) is 59.5 Å². The van der Waals surface area contributed by atoms with Gasteiger partial charge in [0.1, 0.15) is 5.60 Å². The van der Waals surface area contributed by atoms with E-state index in [1.165, 1.54) is 0 Å². The highest BCUT2D eigenvalue weighted by Gasteiger charge is 2.54. The lowest BCUT2D eigenvalue weighted by molar-refractivity contribution is -0.151. The predicted octanol–water partition coefficient (Wildman–Crippen LogP) is 1.80. The Labute approximate surface area is 133 Å². The Hall–Kier alpha value is -1.10. The van der Waals surface area contributed by atoms with Crippen LogP contribution in [0.15, 0.2) is 0 Å². The Morgan fingerprint density at radius 2 is 1.86 bits per heavy atom. The lowest BCUT2D eigenvalue weighted by atomic mass is 9.84. The van der Waals surface area contributed by atoms with Gasteiger partial charge in [-0.1, -0.05) is 0 Å². The summed E-state index contributed by atoms with van der Waals surface area (Å²) in [7, 11) is 0. The first kappa shape index (κ1) is 15.8. The first-order valence-electron chi connectivity index (χ1n) is 8.76. The molecule has 124 valence electrons. The Morgan fingerprint density at radius 1 is 1.14 bits per heavy atom. The Balaban J connectivity index is 1.69. The molecule has 1 saturated carbocycles. The summed E-state index contributed by atoms with van der Waals surface area (Å²) < 4.78 is 5.63. The van der Waals surface area contributed by atoms with Crippen LogP contribution >= 0.6 is 0 Å². The molecule has 5 heteroatoms. The first-order valence-corrected chi connectivity index (χ1v) is 8.76. The molecular weight excluding hydrogens is 280 g/mol. The number of amides is 1. The van der Waals surface area contributed by atoms with E-state index in [9.17, 15) is 9.59 Å². The van der Waals surface area contributed by atoms with Crippen molar-refractivity contribution in [2.45, 2.75) is 64.0 Å². The third kappa shape index (κ3) is 2.87. The maximum absolute atomic E-state index is 13.0. The molecule has 1 spiro atoms. The fourth-order valence-electron chi connectivity index (χ4n) is 4.32. The Morgan fingerprint density at radius 3 is 2.55 bits per heavy atom. The zero-order chi connectivity index (χ0) is 15.7. The highest BCUT2D eigenvalue weighted by atomic mass is 16.6. The summed E-state index contributed by atoms with van der Waals surface area (Å²) >= 11 is 0. The van der Waals surface area contributed by atoms with Gasteiger partial charge in [-0.2, -0.15) is 0 Å². The second kappa shape index (κ2) is 6.19. The van der Waals surface area contributed by atoms with Gasteiger partial charge in [0, 0.05) is 32.2 Å². The number of rotatable bonds is 2. The minimum Gasteiger partial charge on any atom is -0.458 e. The van der Waals surface area contributed by atoms with E-state index < -0.39 is 5.60 Å². The van der Waals surface area contributed by atoms with Crippen LogP contribution in [0.25, 0.3) is 0 Å². The number of nitrogens with zero attached hydrogens (tertiary/aromatic N) is 2. The molecule has 2 aliphatic heterocycles. The molecular formula is C17H28N2O3. The molecule has 3 rings (SSSR count). The largest absolute Gasteiger partial charge is 0.458 e. The van der Waals surface area contributed by atoms with Crippen molar-refractivity contribution in [2.75, 3.05) is 26.2 Å². The molecule has 0 aromatic carbocycles. The maximum Gasteiger partial charge on any atom is 0.307 e. The summed E-state index contributed by atoms with van der Waals surface area (Å²) in [6, 6.07) is 0.521. The van der Waals surface area contributed by atoms with Crippen LogP contribution in [-0.2, 0) is 14.3 Å². The summed E-state index contributed by atoms with van der Waals surface area (Å²) in [5.41, 5.74) is -0.474. The molecule has 1 unspecified atom stereocenters. The number of carbonyl (C=O) groups excluding carboxylic acids is 2.